The van der Waals surface area contributed by atoms with E-state index in [9.17, 15) is 14.7 Å². The van der Waals surface area contributed by atoms with Gasteiger partial charge in [0.25, 0.3) is 0 Å². The lowest BCUT2D eigenvalue weighted by atomic mass is 9.76. The third kappa shape index (κ3) is 1.98. The number of amides is 2. The number of hydrogen-bond donors (Lipinski definition) is 2. The highest BCUT2D eigenvalue weighted by atomic mass is 16.3. The highest BCUT2D eigenvalue weighted by Crippen LogP contribution is 2.44. The molecule has 2 fully saturated rings. The molecular formula is C14H21N3O3. The lowest BCUT2D eigenvalue weighted by Gasteiger charge is -2.59. The first kappa shape index (κ1) is 14.8. The van der Waals surface area contributed by atoms with Crippen molar-refractivity contribution in [1.82, 2.24) is 9.80 Å². The van der Waals surface area contributed by atoms with Crippen LogP contribution in [0, 0.1) is 12.3 Å². The van der Waals surface area contributed by atoms with Crippen molar-refractivity contribution in [3.8, 4) is 12.3 Å². The van der Waals surface area contributed by atoms with Crippen molar-refractivity contribution in [2.45, 2.75) is 50.4 Å². The third-order valence-corrected chi connectivity index (χ3v) is 4.47. The van der Waals surface area contributed by atoms with Gasteiger partial charge < -0.3 is 15.7 Å². The first-order valence-electron chi connectivity index (χ1n) is 6.82. The van der Waals surface area contributed by atoms with Gasteiger partial charge in [0.05, 0.1) is 17.7 Å². The van der Waals surface area contributed by atoms with E-state index >= 15 is 0 Å². The smallest absolute Gasteiger partial charge is 0.237 e. The van der Waals surface area contributed by atoms with E-state index in [1.807, 2.05) is 0 Å². The van der Waals surface area contributed by atoms with Crippen LogP contribution in [-0.4, -0.2) is 63.5 Å². The molecule has 110 valence electrons. The van der Waals surface area contributed by atoms with Gasteiger partial charge >= 0.3 is 0 Å². The molecule has 2 amide bonds. The summed E-state index contributed by atoms with van der Waals surface area (Å²) in [6, 6.07) is -1.18. The molecule has 6 nitrogen and oxygen atoms in total. The van der Waals surface area contributed by atoms with Crippen LogP contribution in [0.2, 0.25) is 0 Å². The Morgan fingerprint density at radius 1 is 1.55 bits per heavy atom. The number of rotatable bonds is 3. The van der Waals surface area contributed by atoms with E-state index in [2.05, 4.69) is 5.92 Å². The zero-order valence-electron chi connectivity index (χ0n) is 11.9. The van der Waals surface area contributed by atoms with Crippen molar-refractivity contribution in [3.63, 3.8) is 0 Å². The number of carbonyl (C=O) groups is 2. The second-order valence-electron chi connectivity index (χ2n) is 5.71. The van der Waals surface area contributed by atoms with Gasteiger partial charge in [-0.05, 0) is 19.8 Å². The van der Waals surface area contributed by atoms with Crippen molar-refractivity contribution in [2.24, 2.45) is 5.73 Å². The maximum atomic E-state index is 11.8. The summed E-state index contributed by atoms with van der Waals surface area (Å²) in [4.78, 5) is 26.8. The van der Waals surface area contributed by atoms with E-state index in [0.717, 1.165) is 12.8 Å². The van der Waals surface area contributed by atoms with Gasteiger partial charge in [0, 0.05) is 20.0 Å². The van der Waals surface area contributed by atoms with E-state index in [4.69, 9.17) is 12.2 Å². The fourth-order valence-electron chi connectivity index (χ4n) is 3.70. The summed E-state index contributed by atoms with van der Waals surface area (Å²) in [5.74, 6) is 2.07. The Labute approximate surface area is 118 Å². The summed E-state index contributed by atoms with van der Waals surface area (Å²) in [6.07, 6.45) is 6.45. The van der Waals surface area contributed by atoms with Gasteiger partial charge in [-0.1, -0.05) is 5.92 Å². The summed E-state index contributed by atoms with van der Waals surface area (Å²) in [5.41, 5.74) is 4.96. The van der Waals surface area contributed by atoms with Crippen molar-refractivity contribution in [3.05, 3.63) is 0 Å². The Bertz CT molecular complexity index is 471. The normalized spacial score (nSPS) is 32.5. The molecule has 3 N–H and O–H groups in total. The lowest BCUT2D eigenvalue weighted by molar-refractivity contribution is -0.155. The maximum absolute atomic E-state index is 11.8. The van der Waals surface area contributed by atoms with Gasteiger partial charge in [-0.25, -0.2) is 0 Å². The summed E-state index contributed by atoms with van der Waals surface area (Å²) in [5, 5.41) is 9.75. The molecule has 20 heavy (non-hydrogen) atoms. The molecule has 1 spiro atoms. The Kier molecular flexibility index (Phi) is 3.76. The molecule has 2 saturated heterocycles. The Morgan fingerprint density at radius 2 is 2.20 bits per heavy atom. The summed E-state index contributed by atoms with van der Waals surface area (Å²) in [6.45, 7) is 4.23. The van der Waals surface area contributed by atoms with Crippen molar-refractivity contribution in [2.75, 3.05) is 13.1 Å². The molecule has 0 aromatic rings. The first-order chi connectivity index (χ1) is 9.35. The molecule has 0 bridgehead atoms. The molecule has 2 aliphatic rings. The molecule has 2 aliphatic heterocycles. The van der Waals surface area contributed by atoms with Crippen LogP contribution in [0.15, 0.2) is 0 Å². The van der Waals surface area contributed by atoms with E-state index in [1.54, 1.807) is 9.80 Å². The first-order valence-corrected chi connectivity index (χ1v) is 6.82. The fraction of sp³-hybridized carbons (Fsp3) is 0.714. The van der Waals surface area contributed by atoms with Crippen LogP contribution in [0.4, 0.5) is 0 Å². The molecule has 2 heterocycles. The number of carbonyl (C=O) groups excluding carboxylic acids is 2. The summed E-state index contributed by atoms with van der Waals surface area (Å²) in [7, 11) is 0. The van der Waals surface area contributed by atoms with Gasteiger partial charge in [-0.2, -0.15) is 0 Å². The molecule has 6 heteroatoms. The molecule has 2 rings (SSSR count). The molecular weight excluding hydrogens is 258 g/mol. The average Bonchev–Trinajstić information content (AvgIpc) is 2.74. The third-order valence-electron chi connectivity index (χ3n) is 4.47. The SMILES string of the molecule is C#CC1N([C@H](C(N)=O)[C@@H](C)O)CC12CCCN2C(C)=O. The lowest BCUT2D eigenvalue weighted by Crippen LogP contribution is -2.78. The molecule has 4 atom stereocenters. The van der Waals surface area contributed by atoms with Crippen LogP contribution in [0.1, 0.15) is 26.7 Å². The number of hydrogen-bond acceptors (Lipinski definition) is 4. The number of nitrogens with two attached hydrogens (primary N) is 1. The summed E-state index contributed by atoms with van der Waals surface area (Å²) >= 11 is 0. The van der Waals surface area contributed by atoms with Crippen LogP contribution in [0.3, 0.4) is 0 Å². The Balaban J connectivity index is 2.25. The van der Waals surface area contributed by atoms with Crippen molar-refractivity contribution >= 4 is 11.8 Å². The average molecular weight is 279 g/mol. The number of terminal acetylenes is 1. The van der Waals surface area contributed by atoms with Crippen LogP contribution < -0.4 is 5.73 Å². The monoisotopic (exact) mass is 279 g/mol. The minimum atomic E-state index is -0.895. The molecule has 0 aromatic carbocycles. The number of aliphatic hydroxyl groups is 1. The second kappa shape index (κ2) is 5.08. The van der Waals surface area contributed by atoms with Crippen LogP contribution in [0.25, 0.3) is 0 Å². The van der Waals surface area contributed by atoms with Gasteiger partial charge in [0.2, 0.25) is 11.8 Å². The van der Waals surface area contributed by atoms with E-state index < -0.39 is 23.6 Å². The van der Waals surface area contributed by atoms with Gasteiger partial charge in [0.15, 0.2) is 0 Å². The topological polar surface area (TPSA) is 86.9 Å². The molecule has 0 radical (unpaired) electrons. The van der Waals surface area contributed by atoms with Gasteiger partial charge in [-0.15, -0.1) is 6.42 Å². The zero-order valence-corrected chi connectivity index (χ0v) is 11.9. The standard InChI is InChI=1S/C14H21N3O3/c1-4-11-14(6-5-7-17(14)10(3)19)8-16(11)12(9(2)18)13(15)20/h1,9,11-12,18H,5-8H2,2-3H3,(H2,15,20)/t9-,11?,12+,14?/m1/s1. The zero-order chi connectivity index (χ0) is 15.1. The van der Waals surface area contributed by atoms with Gasteiger partial charge in [-0.3, -0.25) is 14.5 Å². The maximum Gasteiger partial charge on any atom is 0.237 e. The minimum absolute atomic E-state index is 0.00456. The van der Waals surface area contributed by atoms with E-state index in [-0.39, 0.29) is 11.9 Å². The number of likely N-dealkylation sites (tertiary alicyclic amines) is 2. The Hall–Kier alpha value is -1.58. The van der Waals surface area contributed by atoms with Crippen molar-refractivity contribution in [1.29, 1.82) is 0 Å². The molecule has 2 unspecified atom stereocenters. The van der Waals surface area contributed by atoms with E-state index in [1.165, 1.54) is 13.8 Å². The predicted molar refractivity (Wildman–Crippen MR) is 73.3 cm³/mol. The van der Waals surface area contributed by atoms with Crippen LogP contribution >= 0.6 is 0 Å². The quantitative estimate of drug-likeness (QED) is 0.643. The largest absolute Gasteiger partial charge is 0.391 e. The highest BCUT2D eigenvalue weighted by molar-refractivity contribution is 5.81. The fourth-order valence-corrected chi connectivity index (χ4v) is 3.70. The molecule has 0 aliphatic carbocycles. The molecule has 0 aromatic heterocycles. The highest BCUT2D eigenvalue weighted by Gasteiger charge is 2.61. The molecule has 0 saturated carbocycles. The number of aliphatic hydroxyl groups excluding tert-OH is 1. The number of nitrogens with zero attached hydrogens (tertiary/aromatic N) is 2. The number of primary amides is 1. The summed E-state index contributed by atoms with van der Waals surface area (Å²) < 4.78 is 0. The van der Waals surface area contributed by atoms with Crippen LogP contribution in [-0.2, 0) is 9.59 Å². The minimum Gasteiger partial charge on any atom is -0.391 e. The van der Waals surface area contributed by atoms with E-state index in [0.29, 0.717) is 13.1 Å². The van der Waals surface area contributed by atoms with Gasteiger partial charge in [0.1, 0.15) is 6.04 Å². The van der Waals surface area contributed by atoms with Crippen LogP contribution in [0.5, 0.6) is 0 Å². The predicted octanol–water partition coefficient (Wildman–Crippen LogP) is -1.08. The van der Waals surface area contributed by atoms with Crippen molar-refractivity contribution < 1.29 is 14.7 Å². The Morgan fingerprint density at radius 3 is 2.65 bits per heavy atom. The second-order valence-corrected chi connectivity index (χ2v) is 5.71.